The number of halogens is 1. The fraction of sp³-hybridized carbons (Fsp3) is 0.286. The van der Waals surface area contributed by atoms with E-state index in [-0.39, 0.29) is 11.8 Å². The Morgan fingerprint density at radius 2 is 1.96 bits per heavy atom. The van der Waals surface area contributed by atoms with Crippen LogP contribution in [0.2, 0.25) is 5.02 Å². The molecular weight excluding hydrogens is 360 g/mol. The Labute approximate surface area is 163 Å². The van der Waals surface area contributed by atoms with E-state index in [9.17, 15) is 4.79 Å². The molecule has 1 saturated heterocycles. The van der Waals surface area contributed by atoms with Crippen molar-refractivity contribution in [3.63, 3.8) is 0 Å². The van der Waals surface area contributed by atoms with Gasteiger partial charge in [0.1, 0.15) is 5.82 Å². The molecule has 1 aromatic carbocycles. The van der Waals surface area contributed by atoms with E-state index in [0.717, 1.165) is 42.5 Å². The summed E-state index contributed by atoms with van der Waals surface area (Å²) in [4.78, 5) is 23.7. The number of aryl methyl sites for hydroxylation is 1. The molecule has 5 nitrogen and oxygen atoms in total. The zero-order valence-corrected chi connectivity index (χ0v) is 15.9. The summed E-state index contributed by atoms with van der Waals surface area (Å²) in [6.45, 7) is 3.72. The molecule has 27 heavy (non-hydrogen) atoms. The maximum absolute atomic E-state index is 12.5. The molecule has 0 atom stereocenters. The van der Waals surface area contributed by atoms with E-state index in [1.54, 1.807) is 12.1 Å². The van der Waals surface area contributed by atoms with Gasteiger partial charge in [-0.1, -0.05) is 29.8 Å². The number of anilines is 2. The molecule has 3 heterocycles. The molecule has 1 amide bonds. The maximum Gasteiger partial charge on any atom is 0.228 e. The average molecular weight is 381 g/mol. The molecule has 1 fully saturated rings. The predicted octanol–water partition coefficient (Wildman–Crippen LogP) is 4.45. The van der Waals surface area contributed by atoms with Gasteiger partial charge in [0.05, 0.1) is 10.5 Å². The van der Waals surface area contributed by atoms with E-state index in [0.29, 0.717) is 10.8 Å². The Kier molecular flexibility index (Phi) is 4.94. The molecule has 1 aliphatic rings. The molecule has 6 heteroatoms. The van der Waals surface area contributed by atoms with Gasteiger partial charge in [-0.3, -0.25) is 9.78 Å². The summed E-state index contributed by atoms with van der Waals surface area (Å²) in [5.74, 6) is 0.566. The number of nitrogens with one attached hydrogen (secondary N) is 1. The number of hydrogen-bond acceptors (Lipinski definition) is 4. The van der Waals surface area contributed by atoms with Crippen molar-refractivity contribution in [1.29, 1.82) is 0 Å². The highest BCUT2D eigenvalue weighted by Gasteiger charge is 2.26. The van der Waals surface area contributed by atoms with Crippen molar-refractivity contribution in [2.45, 2.75) is 19.8 Å². The lowest BCUT2D eigenvalue weighted by Crippen LogP contribution is -2.38. The Morgan fingerprint density at radius 1 is 1.19 bits per heavy atom. The Hall–Kier alpha value is -2.66. The van der Waals surface area contributed by atoms with Crippen molar-refractivity contribution in [3.05, 3.63) is 59.4 Å². The maximum atomic E-state index is 12.5. The fourth-order valence-corrected chi connectivity index (χ4v) is 3.72. The highest BCUT2D eigenvalue weighted by molar-refractivity contribution is 6.30. The molecule has 0 radical (unpaired) electrons. The molecule has 138 valence electrons. The second-order valence-corrected chi connectivity index (χ2v) is 7.35. The van der Waals surface area contributed by atoms with Crippen molar-refractivity contribution in [1.82, 2.24) is 9.97 Å². The lowest BCUT2D eigenvalue weighted by molar-refractivity contribution is -0.120. The van der Waals surface area contributed by atoms with Gasteiger partial charge in [-0.05, 0) is 44.0 Å². The topological polar surface area (TPSA) is 58.1 Å². The second kappa shape index (κ2) is 7.53. The summed E-state index contributed by atoms with van der Waals surface area (Å²) in [5.41, 5.74) is 3.23. The number of aromatic nitrogens is 2. The number of amides is 1. The molecule has 0 spiro atoms. The van der Waals surface area contributed by atoms with Crippen LogP contribution in [0.4, 0.5) is 11.5 Å². The van der Waals surface area contributed by atoms with E-state index in [2.05, 4.69) is 32.3 Å². The van der Waals surface area contributed by atoms with Crippen LogP contribution >= 0.6 is 11.6 Å². The molecular formula is C21H21ClN4O. The van der Waals surface area contributed by atoms with Crippen LogP contribution < -0.4 is 10.2 Å². The summed E-state index contributed by atoms with van der Waals surface area (Å²) < 4.78 is 0. The van der Waals surface area contributed by atoms with E-state index in [1.807, 2.05) is 25.1 Å². The summed E-state index contributed by atoms with van der Waals surface area (Å²) in [7, 11) is 0. The summed E-state index contributed by atoms with van der Waals surface area (Å²) in [6.07, 6.45) is 3.17. The normalized spacial score (nSPS) is 15.1. The van der Waals surface area contributed by atoms with Gasteiger partial charge in [-0.15, -0.1) is 0 Å². The number of pyridine rings is 2. The third-order valence-corrected chi connectivity index (χ3v) is 5.23. The summed E-state index contributed by atoms with van der Waals surface area (Å²) in [5, 5.41) is 4.61. The van der Waals surface area contributed by atoms with Crippen LogP contribution in [0.15, 0.2) is 48.7 Å². The van der Waals surface area contributed by atoms with E-state index in [4.69, 9.17) is 11.6 Å². The van der Waals surface area contributed by atoms with Crippen molar-refractivity contribution >= 4 is 39.9 Å². The van der Waals surface area contributed by atoms with Crippen LogP contribution in [0.25, 0.3) is 10.9 Å². The number of carbonyl (C=O) groups is 1. The van der Waals surface area contributed by atoms with Crippen molar-refractivity contribution in [2.75, 3.05) is 23.3 Å². The molecule has 1 aliphatic heterocycles. The molecule has 3 aromatic rings. The molecule has 0 unspecified atom stereocenters. The smallest absolute Gasteiger partial charge is 0.228 e. The monoisotopic (exact) mass is 380 g/mol. The minimum Gasteiger partial charge on any atom is -0.371 e. The number of para-hydroxylation sites is 1. The first-order valence-electron chi connectivity index (χ1n) is 9.14. The fourth-order valence-electron chi connectivity index (χ4n) is 3.61. The van der Waals surface area contributed by atoms with Crippen LogP contribution in [-0.2, 0) is 4.79 Å². The van der Waals surface area contributed by atoms with Crippen molar-refractivity contribution in [2.24, 2.45) is 5.92 Å². The number of rotatable bonds is 3. The van der Waals surface area contributed by atoms with Gasteiger partial charge in [0.15, 0.2) is 0 Å². The van der Waals surface area contributed by atoms with Gasteiger partial charge in [-0.2, -0.15) is 0 Å². The zero-order chi connectivity index (χ0) is 18.8. The first-order chi connectivity index (χ1) is 13.1. The second-order valence-electron chi connectivity index (χ2n) is 6.91. The molecule has 0 aliphatic carbocycles. The number of benzene rings is 1. The third kappa shape index (κ3) is 3.88. The minimum absolute atomic E-state index is 0.00655. The standard InChI is InChI=1S/C21H21ClN4O/c1-14-12-19(17-4-2-3-5-18(17)24-14)26-10-8-15(9-11-26)21(27)25-20-7-6-16(22)13-23-20/h2-7,12-13,15H,8-11H2,1H3,(H,23,25,27). The van der Waals surface area contributed by atoms with Gasteiger partial charge in [0, 0.05) is 42.0 Å². The summed E-state index contributed by atoms with van der Waals surface area (Å²) >= 11 is 5.84. The molecule has 2 aromatic heterocycles. The predicted molar refractivity (Wildman–Crippen MR) is 109 cm³/mol. The zero-order valence-electron chi connectivity index (χ0n) is 15.2. The lowest BCUT2D eigenvalue weighted by atomic mass is 9.95. The van der Waals surface area contributed by atoms with Crippen LogP contribution in [0.5, 0.6) is 0 Å². The van der Waals surface area contributed by atoms with Gasteiger partial charge in [0.2, 0.25) is 5.91 Å². The first kappa shape index (κ1) is 17.7. The number of nitrogens with zero attached hydrogens (tertiary/aromatic N) is 3. The van der Waals surface area contributed by atoms with E-state index in [1.165, 1.54) is 11.9 Å². The molecule has 0 bridgehead atoms. The summed E-state index contributed by atoms with van der Waals surface area (Å²) in [6, 6.07) is 13.8. The van der Waals surface area contributed by atoms with Gasteiger partial charge in [-0.25, -0.2) is 4.98 Å². The van der Waals surface area contributed by atoms with Crippen LogP contribution in [0.3, 0.4) is 0 Å². The number of piperidine rings is 1. The lowest BCUT2D eigenvalue weighted by Gasteiger charge is -2.33. The van der Waals surface area contributed by atoms with Crippen molar-refractivity contribution in [3.8, 4) is 0 Å². The highest BCUT2D eigenvalue weighted by Crippen LogP contribution is 2.30. The van der Waals surface area contributed by atoms with Crippen LogP contribution in [-0.4, -0.2) is 29.0 Å². The van der Waals surface area contributed by atoms with Gasteiger partial charge >= 0.3 is 0 Å². The molecule has 0 saturated carbocycles. The number of fused-ring (bicyclic) bond motifs is 1. The average Bonchev–Trinajstić information content (AvgIpc) is 2.69. The van der Waals surface area contributed by atoms with Gasteiger partial charge < -0.3 is 10.2 Å². The Morgan fingerprint density at radius 3 is 2.70 bits per heavy atom. The van der Waals surface area contributed by atoms with Gasteiger partial charge in [0.25, 0.3) is 0 Å². The minimum atomic E-state index is -0.00655. The quantitative estimate of drug-likeness (QED) is 0.729. The van der Waals surface area contributed by atoms with Crippen molar-refractivity contribution < 1.29 is 4.79 Å². The van der Waals surface area contributed by atoms with E-state index < -0.39 is 0 Å². The third-order valence-electron chi connectivity index (χ3n) is 5.01. The Balaban J connectivity index is 1.45. The number of hydrogen-bond donors (Lipinski definition) is 1. The molecule has 4 rings (SSSR count). The first-order valence-corrected chi connectivity index (χ1v) is 9.52. The highest BCUT2D eigenvalue weighted by atomic mass is 35.5. The largest absolute Gasteiger partial charge is 0.371 e. The van der Waals surface area contributed by atoms with E-state index >= 15 is 0 Å². The number of carbonyl (C=O) groups excluding carboxylic acids is 1. The molecule has 1 N–H and O–H groups in total. The Bertz CT molecular complexity index is 966. The van der Waals surface area contributed by atoms with Crippen LogP contribution in [0.1, 0.15) is 18.5 Å². The SMILES string of the molecule is Cc1cc(N2CCC(C(=O)Nc3ccc(Cl)cn3)CC2)c2ccccc2n1. The van der Waals surface area contributed by atoms with Crippen LogP contribution in [0, 0.1) is 12.8 Å².